The van der Waals surface area contributed by atoms with E-state index in [9.17, 15) is 14.7 Å². The predicted octanol–water partition coefficient (Wildman–Crippen LogP) is 6.99. The highest BCUT2D eigenvalue weighted by Gasteiger charge is 2.11. The fourth-order valence-electron chi connectivity index (χ4n) is 3.27. The number of rotatable bonds is 19. The smallest absolute Gasteiger partial charge is 0.352 e. The summed E-state index contributed by atoms with van der Waals surface area (Å²) in [5.41, 5.74) is 0.0281. The summed E-state index contributed by atoms with van der Waals surface area (Å²) in [5, 5.41) is 11.7. The Kier molecular flexibility index (Phi) is 18.1. The molecule has 4 nitrogen and oxygen atoms in total. The van der Waals surface area contributed by atoms with E-state index in [1.807, 2.05) is 0 Å². The van der Waals surface area contributed by atoms with Gasteiger partial charge in [0, 0.05) is 6.42 Å². The van der Waals surface area contributed by atoms with Crippen LogP contribution >= 0.6 is 0 Å². The molecule has 0 aliphatic heterocycles. The van der Waals surface area contributed by atoms with Crippen LogP contribution in [0.5, 0.6) is 0 Å². The molecule has 0 aromatic heterocycles. The Labute approximate surface area is 173 Å². The van der Waals surface area contributed by atoms with Crippen LogP contribution in [0.15, 0.2) is 11.8 Å². The van der Waals surface area contributed by atoms with Crippen LogP contribution in [0.4, 0.5) is 0 Å². The average Bonchev–Trinajstić information content (AvgIpc) is 2.64. The SMILES string of the molecule is CCCCCCCCCCCCCCCC(=O)NC(=CCCC(C)C)C(=O)O. The summed E-state index contributed by atoms with van der Waals surface area (Å²) in [6.07, 6.45) is 20.2. The largest absolute Gasteiger partial charge is 0.477 e. The van der Waals surface area contributed by atoms with Crippen molar-refractivity contribution in [2.75, 3.05) is 0 Å². The van der Waals surface area contributed by atoms with Crippen molar-refractivity contribution in [1.82, 2.24) is 5.32 Å². The van der Waals surface area contributed by atoms with E-state index in [-0.39, 0.29) is 11.6 Å². The summed E-state index contributed by atoms with van der Waals surface area (Å²) in [5.74, 6) is -0.712. The molecule has 4 heteroatoms. The third kappa shape index (κ3) is 18.1. The van der Waals surface area contributed by atoms with Gasteiger partial charge in [0.15, 0.2) is 0 Å². The lowest BCUT2D eigenvalue weighted by atomic mass is 10.0. The molecule has 0 aromatic rings. The maximum absolute atomic E-state index is 11.9. The molecule has 0 unspecified atom stereocenters. The van der Waals surface area contributed by atoms with Crippen molar-refractivity contribution in [3.63, 3.8) is 0 Å². The highest BCUT2D eigenvalue weighted by Crippen LogP contribution is 2.13. The van der Waals surface area contributed by atoms with Crippen molar-refractivity contribution < 1.29 is 14.7 Å². The van der Waals surface area contributed by atoms with E-state index < -0.39 is 5.97 Å². The van der Waals surface area contributed by atoms with E-state index in [2.05, 4.69) is 26.1 Å². The van der Waals surface area contributed by atoms with Gasteiger partial charge in [-0.1, -0.05) is 104 Å². The molecule has 2 N–H and O–H groups in total. The monoisotopic (exact) mass is 395 g/mol. The molecule has 0 spiro atoms. The molecule has 0 atom stereocenters. The first kappa shape index (κ1) is 26.7. The number of hydrogen-bond acceptors (Lipinski definition) is 2. The summed E-state index contributed by atoms with van der Waals surface area (Å²) < 4.78 is 0. The minimum absolute atomic E-state index is 0.0281. The highest BCUT2D eigenvalue weighted by molar-refractivity contribution is 5.92. The second-order valence-corrected chi connectivity index (χ2v) is 8.43. The number of carbonyl (C=O) groups is 2. The summed E-state index contributed by atoms with van der Waals surface area (Å²) in [6.45, 7) is 6.45. The molecule has 0 heterocycles. The van der Waals surface area contributed by atoms with Crippen LogP contribution in [0, 0.1) is 5.92 Å². The van der Waals surface area contributed by atoms with Gasteiger partial charge in [-0.05, 0) is 25.2 Å². The zero-order valence-electron chi connectivity index (χ0n) is 18.7. The van der Waals surface area contributed by atoms with Gasteiger partial charge in [-0.15, -0.1) is 0 Å². The normalized spacial score (nSPS) is 11.8. The van der Waals surface area contributed by atoms with E-state index >= 15 is 0 Å². The van der Waals surface area contributed by atoms with Gasteiger partial charge in [-0.3, -0.25) is 4.79 Å². The average molecular weight is 396 g/mol. The van der Waals surface area contributed by atoms with E-state index in [4.69, 9.17) is 0 Å². The maximum Gasteiger partial charge on any atom is 0.352 e. The third-order valence-electron chi connectivity index (χ3n) is 5.10. The van der Waals surface area contributed by atoms with Crippen molar-refractivity contribution in [3.05, 3.63) is 11.8 Å². The number of carboxylic acid groups (broad SMARTS) is 1. The number of carboxylic acids is 1. The number of hydrogen-bond donors (Lipinski definition) is 2. The standard InChI is InChI=1S/C24H45NO3/c1-4-5-6-7-8-9-10-11-12-13-14-15-16-20-23(26)25-22(24(27)28)19-17-18-21(2)3/h19,21H,4-18,20H2,1-3H3,(H,25,26)(H,27,28). The predicted molar refractivity (Wildman–Crippen MR) is 118 cm³/mol. The molecule has 0 aromatic carbocycles. The number of amides is 1. The molecular weight excluding hydrogens is 350 g/mol. The van der Waals surface area contributed by atoms with E-state index in [0.717, 1.165) is 19.3 Å². The van der Waals surface area contributed by atoms with Crippen LogP contribution in [0.1, 0.15) is 124 Å². The molecule has 164 valence electrons. The summed E-state index contributed by atoms with van der Waals surface area (Å²) in [4.78, 5) is 23.2. The topological polar surface area (TPSA) is 66.4 Å². The Hall–Kier alpha value is -1.32. The third-order valence-corrected chi connectivity index (χ3v) is 5.10. The van der Waals surface area contributed by atoms with Crippen LogP contribution in [-0.4, -0.2) is 17.0 Å². The molecule has 0 radical (unpaired) electrons. The van der Waals surface area contributed by atoms with Crippen LogP contribution in [-0.2, 0) is 9.59 Å². The molecule has 0 bridgehead atoms. The molecule has 0 rings (SSSR count). The number of allylic oxidation sites excluding steroid dienone is 1. The molecule has 0 aliphatic rings. The van der Waals surface area contributed by atoms with Gasteiger partial charge in [-0.2, -0.15) is 0 Å². The van der Waals surface area contributed by atoms with Gasteiger partial charge < -0.3 is 10.4 Å². The lowest BCUT2D eigenvalue weighted by Gasteiger charge is -2.07. The quantitative estimate of drug-likeness (QED) is 0.183. The lowest BCUT2D eigenvalue weighted by Crippen LogP contribution is -2.27. The van der Waals surface area contributed by atoms with Crippen molar-refractivity contribution >= 4 is 11.9 Å². The summed E-state index contributed by atoms with van der Waals surface area (Å²) in [6, 6.07) is 0. The van der Waals surface area contributed by atoms with Gasteiger partial charge in [0.2, 0.25) is 5.91 Å². The summed E-state index contributed by atoms with van der Waals surface area (Å²) in [7, 11) is 0. The van der Waals surface area contributed by atoms with Crippen molar-refractivity contribution in [2.45, 2.75) is 124 Å². The molecule has 0 saturated heterocycles. The van der Waals surface area contributed by atoms with E-state index in [1.54, 1.807) is 6.08 Å². The number of aliphatic carboxylic acids is 1. The van der Waals surface area contributed by atoms with Crippen molar-refractivity contribution in [1.29, 1.82) is 0 Å². The Morgan fingerprint density at radius 1 is 0.821 bits per heavy atom. The Morgan fingerprint density at radius 2 is 1.29 bits per heavy atom. The zero-order chi connectivity index (χ0) is 21.0. The molecule has 28 heavy (non-hydrogen) atoms. The van der Waals surface area contributed by atoms with Gasteiger partial charge in [0.1, 0.15) is 5.70 Å². The molecule has 0 aliphatic carbocycles. The minimum atomic E-state index is -1.05. The van der Waals surface area contributed by atoms with Gasteiger partial charge >= 0.3 is 5.97 Å². The van der Waals surface area contributed by atoms with Crippen molar-refractivity contribution in [2.24, 2.45) is 5.92 Å². The van der Waals surface area contributed by atoms with Crippen molar-refractivity contribution in [3.8, 4) is 0 Å². The lowest BCUT2D eigenvalue weighted by molar-refractivity contribution is -0.134. The van der Waals surface area contributed by atoms with Crippen LogP contribution in [0.25, 0.3) is 0 Å². The van der Waals surface area contributed by atoms with Gasteiger partial charge in [0.05, 0.1) is 0 Å². The number of nitrogens with one attached hydrogen (secondary N) is 1. The second kappa shape index (κ2) is 19.0. The number of carbonyl (C=O) groups excluding carboxylic acids is 1. The first-order chi connectivity index (χ1) is 13.5. The first-order valence-electron chi connectivity index (χ1n) is 11.7. The minimum Gasteiger partial charge on any atom is -0.477 e. The van der Waals surface area contributed by atoms with Crippen LogP contribution in [0.3, 0.4) is 0 Å². The first-order valence-corrected chi connectivity index (χ1v) is 11.7. The maximum atomic E-state index is 11.9. The number of unbranched alkanes of at least 4 members (excludes halogenated alkanes) is 12. The fraction of sp³-hybridized carbons (Fsp3) is 0.833. The van der Waals surface area contributed by atoms with Crippen LogP contribution in [0.2, 0.25) is 0 Å². The zero-order valence-corrected chi connectivity index (χ0v) is 18.7. The highest BCUT2D eigenvalue weighted by atomic mass is 16.4. The molecular formula is C24H45NO3. The molecule has 1 amide bonds. The fourth-order valence-corrected chi connectivity index (χ4v) is 3.27. The Morgan fingerprint density at radius 3 is 1.71 bits per heavy atom. The van der Waals surface area contributed by atoms with Gasteiger partial charge in [-0.25, -0.2) is 4.79 Å². The van der Waals surface area contributed by atoms with Gasteiger partial charge in [0.25, 0.3) is 0 Å². The van der Waals surface area contributed by atoms with E-state index in [0.29, 0.717) is 18.8 Å². The molecule has 0 saturated carbocycles. The molecule has 0 fully saturated rings. The second-order valence-electron chi connectivity index (χ2n) is 8.43. The van der Waals surface area contributed by atoms with Crippen LogP contribution < -0.4 is 5.32 Å². The van der Waals surface area contributed by atoms with E-state index in [1.165, 1.54) is 70.6 Å². The Balaban J connectivity index is 3.61. The summed E-state index contributed by atoms with van der Waals surface area (Å²) >= 11 is 0. The Bertz CT molecular complexity index is 430.